The predicted octanol–water partition coefficient (Wildman–Crippen LogP) is 3.59. The average molecular weight is 234 g/mol. The van der Waals surface area contributed by atoms with Gasteiger partial charge in [-0.2, -0.15) is 0 Å². The van der Waals surface area contributed by atoms with Crippen molar-refractivity contribution in [1.82, 2.24) is 0 Å². The second-order valence-corrected chi connectivity index (χ2v) is 3.76. The minimum atomic E-state index is -0.440. The number of alkyl halides is 1. The van der Waals surface area contributed by atoms with Crippen LogP contribution in [-0.2, 0) is 0 Å². The third-order valence-corrected chi connectivity index (χ3v) is 2.65. The monoisotopic (exact) mass is 233 g/mol. The van der Waals surface area contributed by atoms with Gasteiger partial charge in [0, 0.05) is 28.5 Å². The van der Waals surface area contributed by atoms with Crippen molar-refractivity contribution in [1.29, 1.82) is 0 Å². The summed E-state index contributed by atoms with van der Waals surface area (Å²) in [5.74, 6) is 0.303. The molecule has 0 aliphatic carbocycles. The van der Waals surface area contributed by atoms with Crippen molar-refractivity contribution in [2.75, 3.05) is 5.88 Å². The second-order valence-electron chi connectivity index (χ2n) is 3.02. The lowest BCUT2D eigenvalue weighted by Gasteiger charge is -2.08. The highest BCUT2D eigenvalue weighted by atomic mass is 35.5. The van der Waals surface area contributed by atoms with Crippen LogP contribution in [0.5, 0.6) is 0 Å². The van der Waals surface area contributed by atoms with Crippen molar-refractivity contribution in [2.24, 2.45) is 0 Å². The fourth-order valence-corrected chi connectivity index (χ4v) is 1.51. The van der Waals surface area contributed by atoms with E-state index >= 15 is 0 Å². The topological polar surface area (TPSA) is 43.1 Å². The fraction of sp³-hybridized carbons (Fsp3) is 0.333. The van der Waals surface area contributed by atoms with Gasteiger partial charge >= 0.3 is 0 Å². The number of halogens is 2. The Bertz CT molecular complexity index is 355. The fourth-order valence-electron chi connectivity index (χ4n) is 1.17. The van der Waals surface area contributed by atoms with Gasteiger partial charge in [0.1, 0.15) is 0 Å². The smallest absolute Gasteiger partial charge is 0.258 e. The third-order valence-electron chi connectivity index (χ3n) is 1.95. The molecule has 14 heavy (non-hydrogen) atoms. The van der Waals surface area contributed by atoms with E-state index in [1.165, 1.54) is 6.07 Å². The first-order chi connectivity index (χ1) is 6.56. The Kier molecular flexibility index (Phi) is 3.72. The molecule has 0 amide bonds. The normalized spacial score (nSPS) is 12.5. The van der Waals surface area contributed by atoms with Crippen molar-refractivity contribution in [2.45, 2.75) is 12.8 Å². The SMILES string of the molecule is CC(CCl)c1ccc(Cl)cc1[N+](=O)[O-]. The zero-order valence-corrected chi connectivity index (χ0v) is 9.05. The van der Waals surface area contributed by atoms with Crippen LogP contribution < -0.4 is 0 Å². The predicted molar refractivity (Wildman–Crippen MR) is 57.2 cm³/mol. The van der Waals surface area contributed by atoms with Crippen molar-refractivity contribution >= 4 is 28.9 Å². The van der Waals surface area contributed by atoms with Crippen molar-refractivity contribution in [3.05, 3.63) is 38.9 Å². The molecule has 0 heterocycles. The zero-order valence-electron chi connectivity index (χ0n) is 7.54. The standard InChI is InChI=1S/C9H9Cl2NO2/c1-6(5-10)8-3-2-7(11)4-9(8)12(13)14/h2-4,6H,5H2,1H3. The summed E-state index contributed by atoms with van der Waals surface area (Å²) >= 11 is 11.3. The molecule has 1 aromatic carbocycles. The number of nitro groups is 1. The summed E-state index contributed by atoms with van der Waals surface area (Å²) < 4.78 is 0. The highest BCUT2D eigenvalue weighted by molar-refractivity contribution is 6.30. The molecule has 76 valence electrons. The molecule has 0 N–H and O–H groups in total. The average Bonchev–Trinajstić information content (AvgIpc) is 2.16. The van der Waals surface area contributed by atoms with Gasteiger partial charge < -0.3 is 0 Å². The Morgan fingerprint density at radius 2 is 2.21 bits per heavy atom. The van der Waals surface area contributed by atoms with Gasteiger partial charge in [-0.05, 0) is 6.07 Å². The third kappa shape index (κ3) is 2.36. The maximum Gasteiger partial charge on any atom is 0.274 e. The number of nitro benzene ring substituents is 1. The largest absolute Gasteiger partial charge is 0.274 e. The highest BCUT2D eigenvalue weighted by Crippen LogP contribution is 2.29. The Hall–Kier alpha value is -0.800. The van der Waals surface area contributed by atoms with E-state index in [4.69, 9.17) is 23.2 Å². The van der Waals surface area contributed by atoms with Crippen molar-refractivity contribution in [3.8, 4) is 0 Å². The van der Waals surface area contributed by atoms with Crippen molar-refractivity contribution < 1.29 is 4.92 Å². The minimum absolute atomic E-state index is 0.0330. The lowest BCUT2D eigenvalue weighted by atomic mass is 10.0. The highest BCUT2D eigenvalue weighted by Gasteiger charge is 2.18. The Balaban J connectivity index is 3.21. The first-order valence-corrected chi connectivity index (χ1v) is 4.97. The summed E-state index contributed by atoms with van der Waals surface area (Å²) in [6.07, 6.45) is 0. The van der Waals surface area contributed by atoms with E-state index in [1.807, 2.05) is 6.92 Å². The molecule has 0 saturated carbocycles. The Morgan fingerprint density at radius 3 is 2.71 bits per heavy atom. The summed E-state index contributed by atoms with van der Waals surface area (Å²) in [4.78, 5) is 10.3. The number of hydrogen-bond acceptors (Lipinski definition) is 2. The van der Waals surface area contributed by atoms with Crippen molar-refractivity contribution in [3.63, 3.8) is 0 Å². The van der Waals surface area contributed by atoms with E-state index in [-0.39, 0.29) is 11.6 Å². The number of benzene rings is 1. The molecule has 0 fully saturated rings. The van der Waals surface area contributed by atoms with E-state index in [9.17, 15) is 10.1 Å². The van der Waals surface area contributed by atoms with Crippen LogP contribution in [-0.4, -0.2) is 10.8 Å². The van der Waals surface area contributed by atoms with Gasteiger partial charge in [0.15, 0.2) is 0 Å². The molecule has 0 saturated heterocycles. The Morgan fingerprint density at radius 1 is 1.57 bits per heavy atom. The van der Waals surface area contributed by atoms with Gasteiger partial charge in [0.05, 0.1) is 4.92 Å². The molecule has 0 aromatic heterocycles. The maximum absolute atomic E-state index is 10.7. The van der Waals surface area contributed by atoms with Crippen LogP contribution in [0.3, 0.4) is 0 Å². The lowest BCUT2D eigenvalue weighted by molar-refractivity contribution is -0.385. The molecule has 1 unspecified atom stereocenters. The van der Waals surface area contributed by atoms with Gasteiger partial charge in [-0.15, -0.1) is 11.6 Å². The first kappa shape index (κ1) is 11.3. The summed E-state index contributed by atoms with van der Waals surface area (Å²) in [5.41, 5.74) is 0.653. The van der Waals surface area contributed by atoms with Crippen LogP contribution in [0.1, 0.15) is 18.4 Å². The summed E-state index contributed by atoms with van der Waals surface area (Å²) in [5, 5.41) is 11.1. The summed E-state index contributed by atoms with van der Waals surface area (Å²) in [6, 6.07) is 4.63. The summed E-state index contributed by atoms with van der Waals surface area (Å²) in [7, 11) is 0. The lowest BCUT2D eigenvalue weighted by Crippen LogP contribution is -2.00. The van der Waals surface area contributed by atoms with Gasteiger partial charge in [-0.3, -0.25) is 10.1 Å². The zero-order chi connectivity index (χ0) is 10.7. The molecule has 0 bridgehead atoms. The number of nitrogens with zero attached hydrogens (tertiary/aromatic N) is 1. The molecular formula is C9H9Cl2NO2. The quantitative estimate of drug-likeness (QED) is 0.455. The number of hydrogen-bond donors (Lipinski definition) is 0. The van der Waals surface area contributed by atoms with Gasteiger partial charge in [0.2, 0.25) is 0 Å². The van der Waals surface area contributed by atoms with Crippen LogP contribution in [0, 0.1) is 10.1 Å². The first-order valence-electron chi connectivity index (χ1n) is 4.06. The minimum Gasteiger partial charge on any atom is -0.258 e. The van der Waals surface area contributed by atoms with Crippen LogP contribution in [0.15, 0.2) is 18.2 Å². The van der Waals surface area contributed by atoms with E-state index in [2.05, 4.69) is 0 Å². The van der Waals surface area contributed by atoms with E-state index < -0.39 is 4.92 Å². The van der Waals surface area contributed by atoms with Crippen LogP contribution in [0.4, 0.5) is 5.69 Å². The van der Waals surface area contributed by atoms with E-state index in [0.29, 0.717) is 16.5 Å². The maximum atomic E-state index is 10.7. The molecule has 0 spiro atoms. The molecule has 5 heteroatoms. The van der Waals surface area contributed by atoms with Gasteiger partial charge in [0.25, 0.3) is 5.69 Å². The molecule has 1 aromatic rings. The van der Waals surface area contributed by atoms with Gasteiger partial charge in [-0.1, -0.05) is 24.6 Å². The molecule has 0 radical (unpaired) electrons. The number of rotatable bonds is 3. The summed E-state index contributed by atoms with van der Waals surface area (Å²) in [6.45, 7) is 1.84. The van der Waals surface area contributed by atoms with E-state index in [1.54, 1.807) is 12.1 Å². The van der Waals surface area contributed by atoms with Crippen LogP contribution >= 0.6 is 23.2 Å². The Labute approximate surface area is 91.8 Å². The van der Waals surface area contributed by atoms with Crippen LogP contribution in [0.2, 0.25) is 5.02 Å². The molecule has 1 atom stereocenters. The van der Waals surface area contributed by atoms with Gasteiger partial charge in [-0.25, -0.2) is 0 Å². The molecule has 0 aliphatic rings. The van der Waals surface area contributed by atoms with E-state index in [0.717, 1.165) is 0 Å². The molecular weight excluding hydrogens is 225 g/mol. The molecule has 0 aliphatic heterocycles. The molecule has 1 rings (SSSR count). The van der Waals surface area contributed by atoms with Crippen LogP contribution in [0.25, 0.3) is 0 Å². The second kappa shape index (κ2) is 4.62. The molecule has 3 nitrogen and oxygen atoms in total.